The van der Waals surface area contributed by atoms with Gasteiger partial charge in [-0.3, -0.25) is 14.7 Å². The molecule has 5 heteroatoms. The van der Waals surface area contributed by atoms with Gasteiger partial charge in [-0.15, -0.1) is 0 Å². The standard InChI is InChI=1S/C19H27N3O2/c23-18(16-3-1-8-20-13-16)22-9-2-6-19(15-22)7-10-21(14-19)17-4-11-24-12-5-17/h1,3,8,13,17H,2,4-7,9-12,14-15H2/t19-/m0/s1. The Bertz CT molecular complexity index is 573. The van der Waals surface area contributed by atoms with Crippen molar-refractivity contribution in [1.29, 1.82) is 0 Å². The summed E-state index contributed by atoms with van der Waals surface area (Å²) in [4.78, 5) is 21.6. The van der Waals surface area contributed by atoms with E-state index < -0.39 is 0 Å². The van der Waals surface area contributed by atoms with Crippen molar-refractivity contribution < 1.29 is 9.53 Å². The van der Waals surface area contributed by atoms with Gasteiger partial charge >= 0.3 is 0 Å². The van der Waals surface area contributed by atoms with Gasteiger partial charge in [0.05, 0.1) is 5.56 Å². The molecule has 0 aliphatic carbocycles. The summed E-state index contributed by atoms with van der Waals surface area (Å²) in [5.41, 5.74) is 1.02. The lowest BCUT2D eigenvalue weighted by Crippen LogP contribution is -2.48. The van der Waals surface area contributed by atoms with Gasteiger partial charge in [-0.05, 0) is 50.8 Å². The summed E-state index contributed by atoms with van der Waals surface area (Å²) in [5.74, 6) is 0.145. The summed E-state index contributed by atoms with van der Waals surface area (Å²) in [5, 5.41) is 0. The van der Waals surface area contributed by atoms with E-state index in [4.69, 9.17) is 4.74 Å². The Morgan fingerprint density at radius 3 is 2.88 bits per heavy atom. The first-order valence-corrected chi connectivity index (χ1v) is 9.27. The Morgan fingerprint density at radius 2 is 2.08 bits per heavy atom. The molecule has 3 fully saturated rings. The van der Waals surface area contributed by atoms with E-state index in [0.717, 1.165) is 52.1 Å². The number of aromatic nitrogens is 1. The molecule has 0 radical (unpaired) electrons. The monoisotopic (exact) mass is 329 g/mol. The van der Waals surface area contributed by atoms with Gasteiger partial charge in [0, 0.05) is 56.7 Å². The van der Waals surface area contributed by atoms with Crippen molar-refractivity contribution in [3.05, 3.63) is 30.1 Å². The Morgan fingerprint density at radius 1 is 1.21 bits per heavy atom. The average Bonchev–Trinajstić information content (AvgIpc) is 3.06. The fraction of sp³-hybridized carbons (Fsp3) is 0.684. The van der Waals surface area contributed by atoms with Crippen molar-refractivity contribution in [3.63, 3.8) is 0 Å². The number of piperidine rings is 1. The summed E-state index contributed by atoms with van der Waals surface area (Å²) in [7, 11) is 0. The molecular formula is C19H27N3O2. The van der Waals surface area contributed by atoms with Crippen LogP contribution in [0.2, 0.25) is 0 Å². The summed E-state index contributed by atoms with van der Waals surface area (Å²) >= 11 is 0. The zero-order valence-corrected chi connectivity index (χ0v) is 14.3. The highest BCUT2D eigenvalue weighted by molar-refractivity contribution is 5.94. The number of amides is 1. The maximum atomic E-state index is 12.8. The fourth-order valence-corrected chi connectivity index (χ4v) is 4.72. The van der Waals surface area contributed by atoms with Gasteiger partial charge in [0.15, 0.2) is 0 Å². The Hall–Kier alpha value is -1.46. The van der Waals surface area contributed by atoms with Crippen molar-refractivity contribution in [2.45, 2.75) is 38.1 Å². The van der Waals surface area contributed by atoms with E-state index in [1.165, 1.54) is 19.4 Å². The van der Waals surface area contributed by atoms with E-state index in [0.29, 0.717) is 17.0 Å². The van der Waals surface area contributed by atoms with Crippen LogP contribution in [0.5, 0.6) is 0 Å². The number of hydrogen-bond acceptors (Lipinski definition) is 4. The number of pyridine rings is 1. The highest BCUT2D eigenvalue weighted by Crippen LogP contribution is 2.40. The van der Waals surface area contributed by atoms with Crippen LogP contribution in [0.1, 0.15) is 42.5 Å². The lowest BCUT2D eigenvalue weighted by atomic mass is 9.79. The third kappa shape index (κ3) is 3.20. The van der Waals surface area contributed by atoms with Crippen LogP contribution in [-0.4, -0.2) is 66.1 Å². The number of hydrogen-bond donors (Lipinski definition) is 0. The maximum Gasteiger partial charge on any atom is 0.255 e. The number of nitrogens with zero attached hydrogens (tertiary/aromatic N) is 3. The van der Waals surface area contributed by atoms with E-state index in [1.807, 2.05) is 12.1 Å². The second-order valence-corrected chi connectivity index (χ2v) is 7.64. The highest BCUT2D eigenvalue weighted by atomic mass is 16.5. The molecule has 24 heavy (non-hydrogen) atoms. The van der Waals surface area contributed by atoms with E-state index in [2.05, 4.69) is 14.8 Å². The fourth-order valence-electron chi connectivity index (χ4n) is 4.72. The number of carbonyl (C=O) groups is 1. The summed E-state index contributed by atoms with van der Waals surface area (Å²) in [6.45, 7) is 5.92. The molecule has 0 saturated carbocycles. The third-order valence-corrected chi connectivity index (χ3v) is 6.03. The molecular weight excluding hydrogens is 302 g/mol. The number of likely N-dealkylation sites (tertiary alicyclic amines) is 2. The molecule has 3 saturated heterocycles. The van der Waals surface area contributed by atoms with E-state index in [1.54, 1.807) is 12.4 Å². The lowest BCUT2D eigenvalue weighted by Gasteiger charge is -2.41. The third-order valence-electron chi connectivity index (χ3n) is 6.03. The smallest absolute Gasteiger partial charge is 0.255 e. The summed E-state index contributed by atoms with van der Waals surface area (Å²) < 4.78 is 5.51. The van der Waals surface area contributed by atoms with Crippen LogP contribution in [0, 0.1) is 5.41 Å². The van der Waals surface area contributed by atoms with E-state index in [-0.39, 0.29) is 5.91 Å². The van der Waals surface area contributed by atoms with Crippen LogP contribution in [0.3, 0.4) is 0 Å². The second-order valence-electron chi connectivity index (χ2n) is 7.64. The van der Waals surface area contributed by atoms with E-state index >= 15 is 0 Å². The molecule has 3 aliphatic heterocycles. The minimum absolute atomic E-state index is 0.145. The SMILES string of the molecule is O=C(c1cccnc1)N1CCC[C@@]2(CCN(C3CCOCC3)C2)C1. The maximum absolute atomic E-state index is 12.8. The zero-order chi connectivity index (χ0) is 16.4. The molecule has 4 rings (SSSR count). The largest absolute Gasteiger partial charge is 0.381 e. The van der Waals surface area contributed by atoms with Gasteiger partial charge in [0.1, 0.15) is 0 Å². The van der Waals surface area contributed by atoms with Gasteiger partial charge in [0.2, 0.25) is 0 Å². The molecule has 0 aromatic carbocycles. The first kappa shape index (κ1) is 16.0. The molecule has 5 nitrogen and oxygen atoms in total. The van der Waals surface area contributed by atoms with Gasteiger partial charge in [0.25, 0.3) is 5.91 Å². The first-order chi connectivity index (χ1) is 11.8. The quantitative estimate of drug-likeness (QED) is 0.834. The molecule has 1 aromatic rings. The molecule has 1 aromatic heterocycles. The zero-order valence-electron chi connectivity index (χ0n) is 14.3. The van der Waals surface area contributed by atoms with Crippen molar-refractivity contribution >= 4 is 5.91 Å². The molecule has 1 atom stereocenters. The summed E-state index contributed by atoms with van der Waals surface area (Å²) in [6.07, 6.45) is 9.32. The second kappa shape index (κ2) is 6.81. The van der Waals surface area contributed by atoms with Gasteiger partial charge < -0.3 is 9.64 Å². The normalized spacial score (nSPS) is 29.2. The predicted octanol–water partition coefficient (Wildman–Crippen LogP) is 2.19. The molecule has 1 amide bonds. The predicted molar refractivity (Wildman–Crippen MR) is 91.8 cm³/mol. The summed E-state index contributed by atoms with van der Waals surface area (Å²) in [6, 6.07) is 4.40. The van der Waals surface area contributed by atoms with Crippen molar-refractivity contribution in [2.24, 2.45) is 5.41 Å². The minimum atomic E-state index is 0.145. The van der Waals surface area contributed by atoms with Crippen LogP contribution in [0.15, 0.2) is 24.5 Å². The Balaban J connectivity index is 1.42. The van der Waals surface area contributed by atoms with Crippen LogP contribution in [-0.2, 0) is 4.74 Å². The van der Waals surface area contributed by atoms with Crippen molar-refractivity contribution in [1.82, 2.24) is 14.8 Å². The lowest BCUT2D eigenvalue weighted by molar-refractivity contribution is 0.0297. The molecule has 130 valence electrons. The molecule has 3 aliphatic rings. The highest BCUT2D eigenvalue weighted by Gasteiger charge is 2.44. The number of ether oxygens (including phenoxy) is 1. The molecule has 4 heterocycles. The van der Waals surface area contributed by atoms with Crippen LogP contribution in [0.4, 0.5) is 0 Å². The van der Waals surface area contributed by atoms with Crippen LogP contribution < -0.4 is 0 Å². The molecule has 0 unspecified atom stereocenters. The van der Waals surface area contributed by atoms with Gasteiger partial charge in [-0.2, -0.15) is 0 Å². The van der Waals surface area contributed by atoms with Gasteiger partial charge in [-0.1, -0.05) is 0 Å². The minimum Gasteiger partial charge on any atom is -0.381 e. The number of carbonyl (C=O) groups excluding carboxylic acids is 1. The number of rotatable bonds is 2. The first-order valence-electron chi connectivity index (χ1n) is 9.27. The van der Waals surface area contributed by atoms with Crippen LogP contribution >= 0.6 is 0 Å². The van der Waals surface area contributed by atoms with E-state index in [9.17, 15) is 4.79 Å². The molecule has 1 spiro atoms. The topological polar surface area (TPSA) is 45.7 Å². The Kier molecular flexibility index (Phi) is 4.55. The Labute approximate surface area is 144 Å². The van der Waals surface area contributed by atoms with Crippen LogP contribution in [0.25, 0.3) is 0 Å². The molecule has 0 N–H and O–H groups in total. The average molecular weight is 329 g/mol. The molecule has 0 bridgehead atoms. The van der Waals surface area contributed by atoms with Gasteiger partial charge in [-0.25, -0.2) is 0 Å². The van der Waals surface area contributed by atoms with Crippen molar-refractivity contribution in [3.8, 4) is 0 Å². The van der Waals surface area contributed by atoms with Crippen molar-refractivity contribution in [2.75, 3.05) is 39.4 Å².